The zero-order valence-electron chi connectivity index (χ0n) is 12.2. The van der Waals surface area contributed by atoms with Crippen LogP contribution < -0.4 is 4.90 Å². The number of carbonyl (C=O) groups excluding carboxylic acids is 1. The lowest BCUT2D eigenvalue weighted by Gasteiger charge is -2.24. The zero-order chi connectivity index (χ0) is 16.2. The lowest BCUT2D eigenvalue weighted by atomic mass is 10.2. The molecule has 23 heavy (non-hydrogen) atoms. The smallest absolute Gasteiger partial charge is 0.251 e. The van der Waals surface area contributed by atoms with Crippen LogP contribution in [0.15, 0.2) is 29.3 Å². The maximum atomic E-state index is 12.1. The summed E-state index contributed by atoms with van der Waals surface area (Å²) >= 11 is 3.67. The van der Waals surface area contributed by atoms with Crippen molar-refractivity contribution in [2.45, 2.75) is 24.1 Å². The predicted molar refractivity (Wildman–Crippen MR) is 101 cm³/mol. The van der Waals surface area contributed by atoms with Gasteiger partial charge in [-0.05, 0) is 53.6 Å². The van der Waals surface area contributed by atoms with E-state index in [0.717, 1.165) is 22.1 Å². The highest BCUT2D eigenvalue weighted by Gasteiger charge is 2.49. The third-order valence-electron chi connectivity index (χ3n) is 4.29. The van der Waals surface area contributed by atoms with Gasteiger partial charge in [-0.2, -0.15) is 4.99 Å². The molecule has 8 heteroatoms. The average molecular weight is 462 g/mol. The SMILES string of the molecule is O=C(N=C1S[C@H]2CS(=O)(=O)C[C@H]2N1c1cccc(I)c1)C1CC1. The van der Waals surface area contributed by atoms with Crippen molar-refractivity contribution >= 4 is 61.0 Å². The Labute approximate surface area is 153 Å². The van der Waals surface area contributed by atoms with Crippen molar-refractivity contribution in [1.82, 2.24) is 0 Å². The van der Waals surface area contributed by atoms with E-state index in [4.69, 9.17) is 0 Å². The molecule has 4 rings (SSSR count). The van der Waals surface area contributed by atoms with Gasteiger partial charge in [0.1, 0.15) is 0 Å². The fraction of sp³-hybridized carbons (Fsp3) is 0.467. The molecule has 0 unspecified atom stereocenters. The van der Waals surface area contributed by atoms with Gasteiger partial charge in [0, 0.05) is 20.4 Å². The third kappa shape index (κ3) is 3.17. The molecule has 2 atom stereocenters. The van der Waals surface area contributed by atoms with Gasteiger partial charge < -0.3 is 4.90 Å². The summed E-state index contributed by atoms with van der Waals surface area (Å²) in [5.74, 6) is 0.308. The summed E-state index contributed by atoms with van der Waals surface area (Å²) in [4.78, 5) is 18.4. The van der Waals surface area contributed by atoms with Crippen molar-refractivity contribution < 1.29 is 13.2 Å². The number of hydrogen-bond acceptors (Lipinski definition) is 4. The van der Waals surface area contributed by atoms with Crippen molar-refractivity contribution in [2.24, 2.45) is 10.9 Å². The molecule has 2 aliphatic heterocycles. The van der Waals surface area contributed by atoms with Crippen LogP contribution in [-0.2, 0) is 14.6 Å². The number of benzene rings is 1. The summed E-state index contributed by atoms with van der Waals surface area (Å²) in [5, 5.41) is 0.623. The number of nitrogens with zero attached hydrogens (tertiary/aromatic N) is 2. The molecule has 1 saturated carbocycles. The van der Waals surface area contributed by atoms with E-state index in [1.54, 1.807) is 0 Å². The molecule has 0 spiro atoms. The molecule has 5 nitrogen and oxygen atoms in total. The van der Waals surface area contributed by atoms with E-state index < -0.39 is 9.84 Å². The van der Waals surface area contributed by atoms with E-state index in [1.807, 2.05) is 29.2 Å². The molecule has 0 N–H and O–H groups in total. The molecule has 3 fully saturated rings. The van der Waals surface area contributed by atoms with Gasteiger partial charge >= 0.3 is 0 Å². The minimum absolute atomic E-state index is 0.0383. The molecule has 0 bridgehead atoms. The summed E-state index contributed by atoms with van der Waals surface area (Å²) in [6, 6.07) is 7.76. The molecule has 1 aromatic carbocycles. The van der Waals surface area contributed by atoms with Gasteiger partial charge in [-0.25, -0.2) is 8.42 Å². The lowest BCUT2D eigenvalue weighted by molar-refractivity contribution is -0.118. The number of anilines is 1. The Morgan fingerprint density at radius 2 is 2.09 bits per heavy atom. The van der Waals surface area contributed by atoms with Crippen molar-refractivity contribution in [2.75, 3.05) is 16.4 Å². The summed E-state index contributed by atoms with van der Waals surface area (Å²) < 4.78 is 25.0. The Kier molecular flexibility index (Phi) is 3.96. The second-order valence-corrected chi connectivity index (χ2v) is 10.8. The lowest BCUT2D eigenvalue weighted by Crippen LogP contribution is -2.37. The molecule has 0 radical (unpaired) electrons. The van der Waals surface area contributed by atoms with Crippen LogP contribution in [0.4, 0.5) is 5.69 Å². The van der Waals surface area contributed by atoms with Gasteiger partial charge in [0.05, 0.1) is 17.5 Å². The first-order valence-corrected chi connectivity index (χ1v) is 11.3. The number of halogens is 1. The normalized spacial score (nSPS) is 30.7. The van der Waals surface area contributed by atoms with Gasteiger partial charge in [-0.1, -0.05) is 17.8 Å². The van der Waals surface area contributed by atoms with Gasteiger partial charge in [-0.15, -0.1) is 0 Å². The van der Waals surface area contributed by atoms with E-state index in [-0.39, 0.29) is 34.6 Å². The van der Waals surface area contributed by atoms with E-state index in [9.17, 15) is 13.2 Å². The number of amides is 1. The van der Waals surface area contributed by atoms with Crippen molar-refractivity contribution in [3.63, 3.8) is 0 Å². The summed E-state index contributed by atoms with van der Waals surface area (Å²) in [5.41, 5.74) is 0.913. The van der Waals surface area contributed by atoms with E-state index in [2.05, 4.69) is 27.6 Å². The Balaban J connectivity index is 1.73. The highest BCUT2D eigenvalue weighted by molar-refractivity contribution is 14.1. The molecule has 1 amide bonds. The Morgan fingerprint density at radius 1 is 1.30 bits per heavy atom. The molecule has 1 aliphatic carbocycles. The van der Waals surface area contributed by atoms with Crippen molar-refractivity contribution in [3.8, 4) is 0 Å². The number of aliphatic imine (C=N–C) groups is 1. The maximum Gasteiger partial charge on any atom is 0.251 e. The third-order valence-corrected chi connectivity index (χ3v) is 8.17. The molecular weight excluding hydrogens is 447 g/mol. The fourth-order valence-electron chi connectivity index (χ4n) is 3.01. The standard InChI is InChI=1S/C15H15IN2O3S2/c16-10-2-1-3-11(6-10)18-12-7-23(20,21)8-13(12)22-15(18)17-14(19)9-4-5-9/h1-3,6,9,12-13H,4-5,7-8H2/t12-,13+/m1/s1. The summed E-state index contributed by atoms with van der Waals surface area (Å²) in [6.45, 7) is 0. The quantitative estimate of drug-likeness (QED) is 0.632. The number of thioether (sulfide) groups is 1. The number of carbonyl (C=O) groups is 1. The van der Waals surface area contributed by atoms with Crippen molar-refractivity contribution in [1.29, 1.82) is 0 Å². The first kappa shape index (κ1) is 15.9. The number of amidine groups is 1. The van der Waals surface area contributed by atoms with Gasteiger partial charge in [0.15, 0.2) is 15.0 Å². The molecule has 1 aromatic rings. The van der Waals surface area contributed by atoms with Gasteiger partial charge in [-0.3, -0.25) is 4.79 Å². The number of sulfone groups is 1. The number of hydrogen-bond donors (Lipinski definition) is 0. The van der Waals surface area contributed by atoms with Gasteiger partial charge in [0.2, 0.25) is 0 Å². The van der Waals surface area contributed by atoms with Crippen LogP contribution in [0.1, 0.15) is 12.8 Å². The molecule has 0 aromatic heterocycles. The molecular formula is C15H15IN2O3S2. The Morgan fingerprint density at radius 3 is 2.78 bits per heavy atom. The number of fused-ring (bicyclic) bond motifs is 1. The first-order valence-electron chi connectivity index (χ1n) is 7.47. The molecule has 3 aliphatic rings. The monoisotopic (exact) mass is 462 g/mol. The Hall–Kier alpha value is -0.610. The van der Waals surface area contributed by atoms with Crippen LogP contribution in [0, 0.1) is 9.49 Å². The van der Waals surface area contributed by atoms with E-state index >= 15 is 0 Å². The maximum absolute atomic E-state index is 12.1. The van der Waals surface area contributed by atoms with Crippen LogP contribution in [-0.4, -0.2) is 42.3 Å². The van der Waals surface area contributed by atoms with Crippen LogP contribution >= 0.6 is 34.4 Å². The first-order chi connectivity index (χ1) is 10.9. The van der Waals surface area contributed by atoms with Crippen LogP contribution in [0.2, 0.25) is 0 Å². The predicted octanol–water partition coefficient (Wildman–Crippen LogP) is 2.30. The van der Waals surface area contributed by atoms with Crippen LogP contribution in [0.5, 0.6) is 0 Å². The summed E-state index contributed by atoms with van der Waals surface area (Å²) in [6.07, 6.45) is 1.84. The van der Waals surface area contributed by atoms with Gasteiger partial charge in [0.25, 0.3) is 5.91 Å². The fourth-order valence-corrected chi connectivity index (χ4v) is 7.45. The second kappa shape index (κ2) is 5.73. The molecule has 122 valence electrons. The minimum atomic E-state index is -3.02. The minimum Gasteiger partial charge on any atom is -0.316 e. The topological polar surface area (TPSA) is 66.8 Å². The second-order valence-electron chi connectivity index (χ2n) is 6.16. The Bertz CT molecular complexity index is 805. The summed E-state index contributed by atoms with van der Waals surface area (Å²) in [7, 11) is -3.02. The van der Waals surface area contributed by atoms with E-state index in [0.29, 0.717) is 5.17 Å². The van der Waals surface area contributed by atoms with Crippen molar-refractivity contribution in [3.05, 3.63) is 27.8 Å². The molecule has 2 heterocycles. The zero-order valence-corrected chi connectivity index (χ0v) is 16.0. The number of rotatable bonds is 2. The highest BCUT2D eigenvalue weighted by atomic mass is 127. The van der Waals surface area contributed by atoms with E-state index in [1.165, 1.54) is 11.8 Å². The highest BCUT2D eigenvalue weighted by Crippen LogP contribution is 2.42. The largest absolute Gasteiger partial charge is 0.316 e. The molecule has 2 saturated heterocycles. The van der Waals surface area contributed by atoms with Crippen LogP contribution in [0.25, 0.3) is 0 Å². The average Bonchev–Trinajstić information content (AvgIpc) is 3.20. The van der Waals surface area contributed by atoms with Crippen LogP contribution in [0.3, 0.4) is 0 Å².